The third kappa shape index (κ3) is 4.24. The number of hydrogen-bond acceptors (Lipinski definition) is 3. The van der Waals surface area contributed by atoms with Crippen molar-refractivity contribution in [2.45, 2.75) is 39.3 Å². The van der Waals surface area contributed by atoms with E-state index in [2.05, 4.69) is 0 Å². The highest BCUT2D eigenvalue weighted by Gasteiger charge is 2.25. The van der Waals surface area contributed by atoms with Crippen molar-refractivity contribution < 1.29 is 9.90 Å². The average molecular weight is 249 g/mol. The third-order valence-electron chi connectivity index (χ3n) is 2.98. The number of likely N-dealkylation sites (N-methyl/N-ethyl adjacent to an activating group) is 1. The molecule has 1 aromatic carbocycles. The van der Waals surface area contributed by atoms with Crippen LogP contribution < -0.4 is 0 Å². The van der Waals surface area contributed by atoms with E-state index in [1.807, 2.05) is 49.1 Å². The lowest BCUT2D eigenvalue weighted by molar-refractivity contribution is 0.0254. The molecular formula is C15H23NO2. The molecule has 0 saturated carbocycles. The minimum atomic E-state index is -0.790. The molecule has 3 heteroatoms. The van der Waals surface area contributed by atoms with E-state index in [0.717, 1.165) is 12.1 Å². The quantitative estimate of drug-likeness (QED) is 0.787. The van der Waals surface area contributed by atoms with Gasteiger partial charge in [-0.15, -0.1) is 0 Å². The second kappa shape index (κ2) is 6.12. The van der Waals surface area contributed by atoms with Crippen LogP contribution in [0.5, 0.6) is 0 Å². The maximum Gasteiger partial charge on any atom is 0.179 e. The van der Waals surface area contributed by atoms with Crippen LogP contribution in [0.3, 0.4) is 0 Å². The highest BCUT2D eigenvalue weighted by Crippen LogP contribution is 2.12. The van der Waals surface area contributed by atoms with Crippen molar-refractivity contribution in [2.75, 3.05) is 13.1 Å². The fourth-order valence-corrected chi connectivity index (χ4v) is 2.03. The van der Waals surface area contributed by atoms with Crippen molar-refractivity contribution in [1.29, 1.82) is 0 Å². The summed E-state index contributed by atoms with van der Waals surface area (Å²) in [6.45, 7) is 8.64. The van der Waals surface area contributed by atoms with E-state index >= 15 is 0 Å². The van der Waals surface area contributed by atoms with Crippen molar-refractivity contribution in [2.24, 2.45) is 0 Å². The molecule has 0 heterocycles. The number of ketones is 1. The van der Waals surface area contributed by atoms with Gasteiger partial charge >= 0.3 is 0 Å². The van der Waals surface area contributed by atoms with Crippen LogP contribution in [0.15, 0.2) is 30.3 Å². The molecule has 1 N–H and O–H groups in total. The second-order valence-corrected chi connectivity index (χ2v) is 5.28. The summed E-state index contributed by atoms with van der Waals surface area (Å²) in [5, 5.41) is 9.87. The highest BCUT2D eigenvalue weighted by molar-refractivity contribution is 5.99. The van der Waals surface area contributed by atoms with Crippen LogP contribution in [0.4, 0.5) is 0 Å². The summed E-state index contributed by atoms with van der Waals surface area (Å²) < 4.78 is 0. The van der Waals surface area contributed by atoms with Crippen LogP contribution >= 0.6 is 0 Å². The molecular weight excluding hydrogens is 226 g/mol. The number of carbonyl (C=O) groups is 1. The Morgan fingerprint density at radius 2 is 1.89 bits per heavy atom. The molecule has 0 aromatic heterocycles. The van der Waals surface area contributed by atoms with Crippen LogP contribution in [0.1, 0.15) is 38.1 Å². The summed E-state index contributed by atoms with van der Waals surface area (Å²) in [5.41, 5.74) is -0.0690. The third-order valence-corrected chi connectivity index (χ3v) is 2.98. The van der Waals surface area contributed by atoms with Crippen molar-refractivity contribution in [3.05, 3.63) is 35.9 Å². The van der Waals surface area contributed by atoms with Gasteiger partial charge in [0.05, 0.1) is 11.6 Å². The summed E-state index contributed by atoms with van der Waals surface area (Å²) in [6, 6.07) is 9.07. The number of nitrogens with zero attached hydrogens (tertiary/aromatic N) is 1. The van der Waals surface area contributed by atoms with Gasteiger partial charge in [-0.2, -0.15) is 0 Å². The molecule has 0 radical (unpaired) electrons. The zero-order valence-corrected chi connectivity index (χ0v) is 11.7. The van der Waals surface area contributed by atoms with Crippen molar-refractivity contribution >= 4 is 5.78 Å². The molecule has 1 rings (SSSR count). The van der Waals surface area contributed by atoms with Gasteiger partial charge in [0.2, 0.25) is 0 Å². The van der Waals surface area contributed by atoms with Crippen molar-refractivity contribution in [3.8, 4) is 0 Å². The number of carbonyl (C=O) groups excluding carboxylic acids is 1. The summed E-state index contributed by atoms with van der Waals surface area (Å²) in [4.78, 5) is 14.3. The Balaban J connectivity index is 2.78. The van der Waals surface area contributed by atoms with Gasteiger partial charge in [-0.05, 0) is 27.3 Å². The Kier molecular flexibility index (Phi) is 5.05. The minimum Gasteiger partial charge on any atom is -0.389 e. The Labute approximate surface area is 109 Å². The Hall–Kier alpha value is -1.19. The molecule has 0 aliphatic rings. The summed E-state index contributed by atoms with van der Waals surface area (Å²) in [7, 11) is 0. The van der Waals surface area contributed by atoms with E-state index < -0.39 is 5.60 Å². The first-order valence-electron chi connectivity index (χ1n) is 6.41. The molecule has 0 fully saturated rings. The van der Waals surface area contributed by atoms with Crippen LogP contribution in [-0.2, 0) is 0 Å². The Morgan fingerprint density at radius 1 is 1.33 bits per heavy atom. The van der Waals surface area contributed by atoms with Gasteiger partial charge in [-0.1, -0.05) is 37.3 Å². The van der Waals surface area contributed by atoms with E-state index in [9.17, 15) is 9.90 Å². The SMILES string of the molecule is CCN(CC(C)(C)O)C(C)C(=O)c1ccccc1. The highest BCUT2D eigenvalue weighted by atomic mass is 16.3. The molecule has 0 amide bonds. The zero-order chi connectivity index (χ0) is 13.8. The van der Waals surface area contributed by atoms with E-state index in [1.165, 1.54) is 0 Å². The Morgan fingerprint density at radius 3 is 2.33 bits per heavy atom. The van der Waals surface area contributed by atoms with Gasteiger partial charge in [-0.3, -0.25) is 9.69 Å². The smallest absolute Gasteiger partial charge is 0.179 e. The molecule has 0 spiro atoms. The Bertz CT molecular complexity index is 381. The number of aliphatic hydroxyl groups is 1. The standard InChI is InChI=1S/C15H23NO2/c1-5-16(11-15(3,4)18)12(2)14(17)13-9-7-6-8-10-13/h6-10,12,18H,5,11H2,1-4H3. The first-order chi connectivity index (χ1) is 8.35. The number of Topliss-reactive ketones (excluding diaryl/α,β-unsaturated/α-hetero) is 1. The van der Waals surface area contributed by atoms with E-state index in [-0.39, 0.29) is 11.8 Å². The molecule has 0 bridgehead atoms. The number of benzene rings is 1. The van der Waals surface area contributed by atoms with Crippen LogP contribution in [0.2, 0.25) is 0 Å². The van der Waals surface area contributed by atoms with Gasteiger partial charge in [0.1, 0.15) is 0 Å². The van der Waals surface area contributed by atoms with Crippen molar-refractivity contribution in [1.82, 2.24) is 4.90 Å². The lowest BCUT2D eigenvalue weighted by atomic mass is 10.0. The molecule has 0 aliphatic carbocycles. The fourth-order valence-electron chi connectivity index (χ4n) is 2.03. The average Bonchev–Trinajstić information content (AvgIpc) is 2.34. The molecule has 0 saturated heterocycles. The van der Waals surface area contributed by atoms with Gasteiger partial charge in [-0.25, -0.2) is 0 Å². The minimum absolute atomic E-state index is 0.0988. The molecule has 1 atom stereocenters. The normalized spacial score (nSPS) is 13.7. The lowest BCUT2D eigenvalue weighted by Gasteiger charge is -2.32. The summed E-state index contributed by atoms with van der Waals surface area (Å²) in [6.07, 6.45) is 0. The monoisotopic (exact) mass is 249 g/mol. The first kappa shape index (κ1) is 14.9. The van der Waals surface area contributed by atoms with Gasteiger partial charge < -0.3 is 5.11 Å². The topological polar surface area (TPSA) is 40.5 Å². The van der Waals surface area contributed by atoms with E-state index in [0.29, 0.717) is 6.54 Å². The molecule has 1 unspecified atom stereocenters. The fraction of sp³-hybridized carbons (Fsp3) is 0.533. The lowest BCUT2D eigenvalue weighted by Crippen LogP contribution is -2.46. The molecule has 3 nitrogen and oxygen atoms in total. The van der Waals surface area contributed by atoms with E-state index in [4.69, 9.17) is 0 Å². The number of hydrogen-bond donors (Lipinski definition) is 1. The zero-order valence-electron chi connectivity index (χ0n) is 11.7. The molecule has 100 valence electrons. The van der Waals surface area contributed by atoms with Gasteiger partial charge in [0.25, 0.3) is 0 Å². The molecule has 1 aromatic rings. The van der Waals surface area contributed by atoms with Crippen LogP contribution in [-0.4, -0.2) is 40.5 Å². The predicted molar refractivity (Wildman–Crippen MR) is 73.8 cm³/mol. The van der Waals surface area contributed by atoms with Crippen molar-refractivity contribution in [3.63, 3.8) is 0 Å². The van der Waals surface area contributed by atoms with Crippen LogP contribution in [0.25, 0.3) is 0 Å². The van der Waals surface area contributed by atoms with Gasteiger partial charge in [0.15, 0.2) is 5.78 Å². The summed E-state index contributed by atoms with van der Waals surface area (Å²) in [5.74, 6) is 0.0988. The largest absolute Gasteiger partial charge is 0.389 e. The summed E-state index contributed by atoms with van der Waals surface area (Å²) >= 11 is 0. The maximum atomic E-state index is 12.3. The number of rotatable bonds is 6. The van der Waals surface area contributed by atoms with E-state index in [1.54, 1.807) is 13.8 Å². The predicted octanol–water partition coefficient (Wildman–Crippen LogP) is 2.35. The molecule has 18 heavy (non-hydrogen) atoms. The van der Waals surface area contributed by atoms with Gasteiger partial charge in [0, 0.05) is 12.1 Å². The molecule has 0 aliphatic heterocycles. The first-order valence-corrected chi connectivity index (χ1v) is 6.41. The second-order valence-electron chi connectivity index (χ2n) is 5.28. The van der Waals surface area contributed by atoms with Crippen LogP contribution in [0, 0.1) is 0 Å². The maximum absolute atomic E-state index is 12.3.